The number of ether oxygens (including phenoxy) is 1. The van der Waals surface area contributed by atoms with E-state index in [0.29, 0.717) is 6.04 Å². The zero-order valence-corrected chi connectivity index (χ0v) is 13.2. The molecule has 0 radical (unpaired) electrons. The van der Waals surface area contributed by atoms with Gasteiger partial charge >= 0.3 is 0 Å². The van der Waals surface area contributed by atoms with E-state index in [9.17, 15) is 0 Å². The standard InChI is InChI=1S/C16H29N3O/c1-14(16-12-17-19(3)13-16)18(2)9-5-4-6-15-7-10-20-11-8-15/h12-15H,4-11H2,1-3H3/t14-/m1/s1. The van der Waals surface area contributed by atoms with Crippen LogP contribution in [-0.2, 0) is 11.8 Å². The summed E-state index contributed by atoms with van der Waals surface area (Å²) in [7, 11) is 4.19. The quantitative estimate of drug-likeness (QED) is 0.719. The van der Waals surface area contributed by atoms with E-state index in [1.807, 2.05) is 17.9 Å². The Balaban J connectivity index is 1.63. The van der Waals surface area contributed by atoms with Crippen LogP contribution >= 0.6 is 0 Å². The van der Waals surface area contributed by atoms with Gasteiger partial charge in [-0.15, -0.1) is 0 Å². The molecule has 1 aromatic heterocycles. The van der Waals surface area contributed by atoms with E-state index in [-0.39, 0.29) is 0 Å². The number of aromatic nitrogens is 2. The third-order valence-electron chi connectivity index (χ3n) is 4.58. The van der Waals surface area contributed by atoms with E-state index in [1.165, 1.54) is 44.2 Å². The van der Waals surface area contributed by atoms with Crippen molar-refractivity contribution in [2.45, 2.75) is 45.1 Å². The summed E-state index contributed by atoms with van der Waals surface area (Å²) >= 11 is 0. The molecule has 1 fully saturated rings. The fraction of sp³-hybridized carbons (Fsp3) is 0.812. The summed E-state index contributed by atoms with van der Waals surface area (Å²) in [6, 6.07) is 0.451. The van der Waals surface area contributed by atoms with Crippen molar-refractivity contribution in [2.75, 3.05) is 26.8 Å². The van der Waals surface area contributed by atoms with Crippen LogP contribution in [-0.4, -0.2) is 41.5 Å². The monoisotopic (exact) mass is 279 g/mol. The third-order valence-corrected chi connectivity index (χ3v) is 4.58. The molecule has 0 bridgehead atoms. The Bertz CT molecular complexity index is 385. The Morgan fingerprint density at radius 3 is 2.80 bits per heavy atom. The molecule has 0 spiro atoms. The van der Waals surface area contributed by atoms with Gasteiger partial charge in [0.2, 0.25) is 0 Å². The second-order valence-corrected chi connectivity index (χ2v) is 6.16. The number of hydrogen-bond donors (Lipinski definition) is 0. The van der Waals surface area contributed by atoms with Crippen molar-refractivity contribution in [3.05, 3.63) is 18.0 Å². The van der Waals surface area contributed by atoms with Gasteiger partial charge in [0.15, 0.2) is 0 Å². The van der Waals surface area contributed by atoms with Gasteiger partial charge < -0.3 is 4.74 Å². The molecule has 0 unspecified atom stereocenters. The summed E-state index contributed by atoms with van der Waals surface area (Å²) in [5, 5.41) is 4.26. The van der Waals surface area contributed by atoms with Gasteiger partial charge in [-0.2, -0.15) is 5.10 Å². The highest BCUT2D eigenvalue weighted by Gasteiger charge is 2.15. The summed E-state index contributed by atoms with van der Waals surface area (Å²) in [4.78, 5) is 2.43. The molecule has 0 N–H and O–H groups in total. The smallest absolute Gasteiger partial charge is 0.0537 e. The van der Waals surface area contributed by atoms with E-state index in [0.717, 1.165) is 19.1 Å². The Morgan fingerprint density at radius 2 is 2.15 bits per heavy atom. The fourth-order valence-corrected chi connectivity index (χ4v) is 2.93. The molecule has 1 atom stereocenters. The highest BCUT2D eigenvalue weighted by molar-refractivity contribution is 5.08. The van der Waals surface area contributed by atoms with Crippen LogP contribution in [0.4, 0.5) is 0 Å². The van der Waals surface area contributed by atoms with Gasteiger partial charge in [0.1, 0.15) is 0 Å². The summed E-state index contributed by atoms with van der Waals surface area (Å²) in [6.07, 6.45) is 10.6. The number of nitrogens with zero attached hydrogens (tertiary/aromatic N) is 3. The molecule has 0 amide bonds. The molecule has 2 rings (SSSR count). The maximum Gasteiger partial charge on any atom is 0.0537 e. The van der Waals surface area contributed by atoms with Crippen LogP contribution in [0.15, 0.2) is 12.4 Å². The Hall–Kier alpha value is -0.870. The van der Waals surface area contributed by atoms with Crippen molar-refractivity contribution >= 4 is 0 Å². The van der Waals surface area contributed by atoms with Crippen molar-refractivity contribution in [1.29, 1.82) is 0 Å². The largest absolute Gasteiger partial charge is 0.381 e. The molecule has 1 aliphatic rings. The third kappa shape index (κ3) is 4.60. The van der Waals surface area contributed by atoms with Gasteiger partial charge in [-0.25, -0.2) is 0 Å². The zero-order chi connectivity index (χ0) is 14.4. The van der Waals surface area contributed by atoms with Crippen LogP contribution < -0.4 is 0 Å². The lowest BCUT2D eigenvalue weighted by Crippen LogP contribution is -2.23. The van der Waals surface area contributed by atoms with E-state index < -0.39 is 0 Å². The second kappa shape index (κ2) is 7.79. The van der Waals surface area contributed by atoms with Crippen LogP contribution in [0.5, 0.6) is 0 Å². The summed E-state index contributed by atoms with van der Waals surface area (Å²) in [6.45, 7) is 5.37. The van der Waals surface area contributed by atoms with Gasteiger partial charge in [-0.3, -0.25) is 9.58 Å². The number of aryl methyl sites for hydroxylation is 1. The predicted octanol–water partition coefficient (Wildman–Crippen LogP) is 3.01. The maximum absolute atomic E-state index is 5.41. The Labute approximate surface area is 123 Å². The highest BCUT2D eigenvalue weighted by Crippen LogP contribution is 2.22. The van der Waals surface area contributed by atoms with E-state index in [2.05, 4.69) is 30.2 Å². The van der Waals surface area contributed by atoms with Crippen LogP contribution in [0.2, 0.25) is 0 Å². The van der Waals surface area contributed by atoms with Gasteiger partial charge in [-0.05, 0) is 45.7 Å². The first-order valence-electron chi connectivity index (χ1n) is 7.93. The minimum atomic E-state index is 0.451. The van der Waals surface area contributed by atoms with Gasteiger partial charge in [0.05, 0.1) is 6.20 Å². The van der Waals surface area contributed by atoms with Crippen LogP contribution in [0, 0.1) is 5.92 Å². The average Bonchev–Trinajstić information content (AvgIpc) is 2.90. The SMILES string of the molecule is C[C@H](c1cnn(C)c1)N(C)CCCCC1CCOCC1. The normalized spacial score (nSPS) is 18.6. The summed E-state index contributed by atoms with van der Waals surface area (Å²) < 4.78 is 7.29. The molecule has 4 nitrogen and oxygen atoms in total. The lowest BCUT2D eigenvalue weighted by molar-refractivity contribution is 0.0628. The van der Waals surface area contributed by atoms with Crippen molar-refractivity contribution in [3.8, 4) is 0 Å². The first-order chi connectivity index (χ1) is 9.66. The minimum Gasteiger partial charge on any atom is -0.381 e. The fourth-order valence-electron chi connectivity index (χ4n) is 2.93. The lowest BCUT2D eigenvalue weighted by Gasteiger charge is -2.25. The van der Waals surface area contributed by atoms with E-state index >= 15 is 0 Å². The van der Waals surface area contributed by atoms with Crippen LogP contribution in [0.25, 0.3) is 0 Å². The van der Waals surface area contributed by atoms with Crippen molar-refractivity contribution in [1.82, 2.24) is 14.7 Å². The molecule has 0 saturated carbocycles. The molecule has 2 heterocycles. The van der Waals surface area contributed by atoms with E-state index in [1.54, 1.807) is 0 Å². The maximum atomic E-state index is 5.41. The Morgan fingerprint density at radius 1 is 1.40 bits per heavy atom. The molecular weight excluding hydrogens is 250 g/mol. The Kier molecular flexibility index (Phi) is 6.05. The van der Waals surface area contributed by atoms with Gasteiger partial charge in [0, 0.05) is 38.1 Å². The molecule has 20 heavy (non-hydrogen) atoms. The first-order valence-corrected chi connectivity index (χ1v) is 7.93. The van der Waals surface area contributed by atoms with Crippen molar-refractivity contribution in [3.63, 3.8) is 0 Å². The summed E-state index contributed by atoms with van der Waals surface area (Å²) in [5.41, 5.74) is 1.31. The zero-order valence-electron chi connectivity index (χ0n) is 13.2. The van der Waals surface area contributed by atoms with Gasteiger partial charge in [-0.1, -0.05) is 12.8 Å². The number of rotatable bonds is 7. The lowest BCUT2D eigenvalue weighted by atomic mass is 9.94. The molecular formula is C16H29N3O. The molecule has 114 valence electrons. The van der Waals surface area contributed by atoms with Crippen molar-refractivity contribution in [2.24, 2.45) is 13.0 Å². The minimum absolute atomic E-state index is 0.451. The van der Waals surface area contributed by atoms with Crippen LogP contribution in [0.1, 0.15) is 50.6 Å². The summed E-state index contributed by atoms with van der Waals surface area (Å²) in [5.74, 6) is 0.907. The van der Waals surface area contributed by atoms with Crippen molar-refractivity contribution < 1.29 is 4.74 Å². The molecule has 0 aromatic carbocycles. The molecule has 1 aromatic rings. The highest BCUT2D eigenvalue weighted by atomic mass is 16.5. The topological polar surface area (TPSA) is 30.3 Å². The molecule has 1 aliphatic heterocycles. The van der Waals surface area contributed by atoms with Gasteiger partial charge in [0.25, 0.3) is 0 Å². The molecule has 4 heteroatoms. The molecule has 1 saturated heterocycles. The average molecular weight is 279 g/mol. The molecule has 0 aliphatic carbocycles. The second-order valence-electron chi connectivity index (χ2n) is 6.16. The first kappa shape index (κ1) is 15.5. The van der Waals surface area contributed by atoms with E-state index in [4.69, 9.17) is 4.74 Å². The number of unbranched alkanes of at least 4 members (excludes halogenated alkanes) is 1. The van der Waals surface area contributed by atoms with Crippen LogP contribution in [0.3, 0.4) is 0 Å². The number of hydrogen-bond acceptors (Lipinski definition) is 3. The predicted molar refractivity (Wildman–Crippen MR) is 81.6 cm³/mol.